The first-order valence-electron chi connectivity index (χ1n) is 7.81. The van der Waals surface area contributed by atoms with Gasteiger partial charge in [-0.3, -0.25) is 14.2 Å². The van der Waals surface area contributed by atoms with Crippen molar-refractivity contribution < 1.29 is 4.79 Å². The highest BCUT2D eigenvalue weighted by atomic mass is 16.2. The minimum atomic E-state index is -0.216. The van der Waals surface area contributed by atoms with Crippen LogP contribution in [0.15, 0.2) is 53.6 Å². The average Bonchev–Trinajstić information content (AvgIpc) is 2.57. The van der Waals surface area contributed by atoms with Gasteiger partial charge in [-0.05, 0) is 31.0 Å². The number of carbonyl (C=O) groups excluding carboxylic acids is 1. The van der Waals surface area contributed by atoms with E-state index in [1.54, 1.807) is 6.07 Å². The van der Waals surface area contributed by atoms with Gasteiger partial charge in [-0.2, -0.15) is 0 Å². The Morgan fingerprint density at radius 1 is 1.12 bits per heavy atom. The predicted molar refractivity (Wildman–Crippen MR) is 93.8 cm³/mol. The number of hydrogen-bond donors (Lipinski definition) is 1. The van der Waals surface area contributed by atoms with Crippen LogP contribution in [0.3, 0.4) is 0 Å². The lowest BCUT2D eigenvalue weighted by atomic mass is 10.1. The fourth-order valence-electron chi connectivity index (χ4n) is 2.57. The lowest BCUT2D eigenvalue weighted by molar-refractivity contribution is -0.121. The maximum atomic E-state index is 12.5. The van der Waals surface area contributed by atoms with Crippen LogP contribution in [0.25, 0.3) is 10.9 Å². The minimum Gasteiger partial charge on any atom is -0.350 e. The topological polar surface area (TPSA) is 64.0 Å². The second-order valence-electron chi connectivity index (χ2n) is 5.91. The van der Waals surface area contributed by atoms with E-state index in [0.717, 1.165) is 11.1 Å². The van der Waals surface area contributed by atoms with Crippen molar-refractivity contribution in [2.45, 2.75) is 26.9 Å². The summed E-state index contributed by atoms with van der Waals surface area (Å²) in [5, 5.41) is 3.36. The summed E-state index contributed by atoms with van der Waals surface area (Å²) in [6.45, 7) is 4.33. The maximum Gasteiger partial charge on any atom is 0.261 e. The highest BCUT2D eigenvalue weighted by molar-refractivity contribution is 5.81. The number of hydrogen-bond acceptors (Lipinski definition) is 3. The number of fused-ring (bicyclic) bond motifs is 1. The van der Waals surface area contributed by atoms with E-state index in [0.29, 0.717) is 17.4 Å². The van der Waals surface area contributed by atoms with Crippen molar-refractivity contribution >= 4 is 16.8 Å². The lowest BCUT2D eigenvalue weighted by Crippen LogP contribution is -2.32. The Bertz CT molecular complexity index is 943. The van der Waals surface area contributed by atoms with Crippen LogP contribution >= 0.6 is 0 Å². The molecule has 0 bridgehead atoms. The molecule has 5 heteroatoms. The van der Waals surface area contributed by atoms with Gasteiger partial charge in [-0.15, -0.1) is 0 Å². The van der Waals surface area contributed by atoms with E-state index in [1.807, 2.05) is 50.2 Å². The van der Waals surface area contributed by atoms with Crippen LogP contribution in [0.4, 0.5) is 0 Å². The number of carbonyl (C=O) groups is 1. The Kier molecular flexibility index (Phi) is 4.42. The van der Waals surface area contributed by atoms with Crippen molar-refractivity contribution in [1.82, 2.24) is 14.9 Å². The van der Waals surface area contributed by atoms with E-state index in [1.165, 1.54) is 16.5 Å². The fraction of sp³-hybridized carbons (Fsp3) is 0.211. The van der Waals surface area contributed by atoms with Crippen LogP contribution in [0, 0.1) is 13.8 Å². The molecule has 1 heterocycles. The van der Waals surface area contributed by atoms with Gasteiger partial charge in [0.15, 0.2) is 0 Å². The molecule has 3 rings (SSSR count). The Morgan fingerprint density at radius 3 is 2.62 bits per heavy atom. The summed E-state index contributed by atoms with van der Waals surface area (Å²) < 4.78 is 1.34. The highest BCUT2D eigenvalue weighted by Crippen LogP contribution is 2.11. The average molecular weight is 321 g/mol. The summed E-state index contributed by atoms with van der Waals surface area (Å²) >= 11 is 0. The molecule has 24 heavy (non-hydrogen) atoms. The molecule has 0 fully saturated rings. The molecule has 0 radical (unpaired) electrons. The van der Waals surface area contributed by atoms with Crippen molar-refractivity contribution in [2.75, 3.05) is 0 Å². The molecule has 0 spiro atoms. The Hall–Kier alpha value is -2.95. The summed E-state index contributed by atoms with van der Waals surface area (Å²) in [4.78, 5) is 28.9. The standard InChI is InChI=1S/C19H19N3O2/c1-13-6-8-15(9-7-13)10-20-17(23)11-22-12-21-18-14(2)4-3-5-16(18)19(22)24/h3-9,12H,10-11H2,1-2H3,(H,20,23). The quantitative estimate of drug-likeness (QED) is 0.802. The van der Waals surface area contributed by atoms with Crippen molar-refractivity contribution in [2.24, 2.45) is 0 Å². The third-order valence-electron chi connectivity index (χ3n) is 3.98. The molecule has 0 aliphatic heterocycles. The molecule has 122 valence electrons. The third kappa shape index (κ3) is 3.35. The molecule has 0 unspecified atom stereocenters. The van der Waals surface area contributed by atoms with Crippen LogP contribution < -0.4 is 10.9 Å². The number of aryl methyl sites for hydroxylation is 2. The molecule has 3 aromatic rings. The second kappa shape index (κ2) is 6.66. The van der Waals surface area contributed by atoms with Crippen molar-refractivity contribution in [1.29, 1.82) is 0 Å². The largest absolute Gasteiger partial charge is 0.350 e. The van der Waals surface area contributed by atoms with Crippen LogP contribution in [-0.2, 0) is 17.9 Å². The smallest absolute Gasteiger partial charge is 0.261 e. The number of aromatic nitrogens is 2. The molecular formula is C19H19N3O2. The molecule has 5 nitrogen and oxygen atoms in total. The number of rotatable bonds is 4. The molecule has 0 aliphatic rings. The first-order valence-corrected chi connectivity index (χ1v) is 7.81. The first-order chi connectivity index (χ1) is 11.5. The highest BCUT2D eigenvalue weighted by Gasteiger charge is 2.09. The summed E-state index contributed by atoms with van der Waals surface area (Å²) in [6, 6.07) is 13.4. The molecular weight excluding hydrogens is 302 g/mol. The van der Waals surface area contributed by atoms with Gasteiger partial charge in [0, 0.05) is 6.54 Å². The summed E-state index contributed by atoms with van der Waals surface area (Å²) in [5.41, 5.74) is 3.62. The van der Waals surface area contributed by atoms with E-state index in [2.05, 4.69) is 10.3 Å². The number of nitrogens with zero attached hydrogens (tertiary/aromatic N) is 2. The number of benzene rings is 2. The van der Waals surface area contributed by atoms with Crippen LogP contribution in [0.2, 0.25) is 0 Å². The number of amides is 1. The van der Waals surface area contributed by atoms with E-state index < -0.39 is 0 Å². The van der Waals surface area contributed by atoms with Crippen LogP contribution in [0.5, 0.6) is 0 Å². The van der Waals surface area contributed by atoms with Gasteiger partial charge in [-0.1, -0.05) is 42.0 Å². The molecule has 0 atom stereocenters. The SMILES string of the molecule is Cc1ccc(CNC(=O)Cn2cnc3c(C)cccc3c2=O)cc1. The Labute approximate surface area is 140 Å². The Balaban J connectivity index is 1.72. The van der Waals surface area contributed by atoms with Gasteiger partial charge in [0.25, 0.3) is 5.56 Å². The van der Waals surface area contributed by atoms with Gasteiger partial charge in [-0.25, -0.2) is 4.98 Å². The van der Waals surface area contributed by atoms with Crippen molar-refractivity contribution in [3.8, 4) is 0 Å². The van der Waals surface area contributed by atoms with Crippen molar-refractivity contribution in [3.05, 3.63) is 75.8 Å². The van der Waals surface area contributed by atoms with Gasteiger partial charge in [0.1, 0.15) is 6.54 Å². The molecule has 0 saturated carbocycles. The second-order valence-corrected chi connectivity index (χ2v) is 5.91. The van der Waals surface area contributed by atoms with Crippen LogP contribution in [0.1, 0.15) is 16.7 Å². The summed E-state index contributed by atoms with van der Waals surface area (Å²) in [6.07, 6.45) is 1.43. The van der Waals surface area contributed by atoms with Crippen molar-refractivity contribution in [3.63, 3.8) is 0 Å². The normalized spacial score (nSPS) is 10.8. The molecule has 0 saturated heterocycles. The van der Waals surface area contributed by atoms with E-state index in [4.69, 9.17) is 0 Å². The number of nitrogens with one attached hydrogen (secondary N) is 1. The maximum absolute atomic E-state index is 12.5. The van der Waals surface area contributed by atoms with Gasteiger partial charge < -0.3 is 5.32 Å². The zero-order valence-corrected chi connectivity index (χ0v) is 13.7. The number of para-hydroxylation sites is 1. The summed E-state index contributed by atoms with van der Waals surface area (Å²) in [7, 11) is 0. The molecule has 1 N–H and O–H groups in total. The molecule has 0 aliphatic carbocycles. The predicted octanol–water partition coefficient (Wildman–Crippen LogP) is 2.33. The van der Waals surface area contributed by atoms with E-state index in [9.17, 15) is 9.59 Å². The van der Waals surface area contributed by atoms with Crippen LogP contribution in [-0.4, -0.2) is 15.5 Å². The zero-order valence-electron chi connectivity index (χ0n) is 13.7. The lowest BCUT2D eigenvalue weighted by Gasteiger charge is -2.09. The monoisotopic (exact) mass is 321 g/mol. The first kappa shape index (κ1) is 15.9. The molecule has 1 aromatic heterocycles. The summed E-state index contributed by atoms with van der Waals surface area (Å²) in [5.74, 6) is -0.216. The Morgan fingerprint density at radius 2 is 1.88 bits per heavy atom. The fourth-order valence-corrected chi connectivity index (χ4v) is 2.57. The van der Waals surface area contributed by atoms with Gasteiger partial charge in [0.05, 0.1) is 17.2 Å². The molecule has 2 aromatic carbocycles. The molecule has 1 amide bonds. The van der Waals surface area contributed by atoms with Gasteiger partial charge >= 0.3 is 0 Å². The minimum absolute atomic E-state index is 0.0401. The zero-order chi connectivity index (χ0) is 17.1. The van der Waals surface area contributed by atoms with Gasteiger partial charge in [0.2, 0.25) is 5.91 Å². The van der Waals surface area contributed by atoms with E-state index >= 15 is 0 Å². The third-order valence-corrected chi connectivity index (χ3v) is 3.98. The van der Waals surface area contributed by atoms with E-state index in [-0.39, 0.29) is 18.0 Å².